The van der Waals surface area contributed by atoms with Crippen molar-refractivity contribution in [3.63, 3.8) is 0 Å². The molecule has 0 aliphatic heterocycles. The first-order valence-corrected chi connectivity index (χ1v) is 13.8. The van der Waals surface area contributed by atoms with Gasteiger partial charge >= 0.3 is 17.9 Å². The fourth-order valence-electron chi connectivity index (χ4n) is 2.72. The predicted molar refractivity (Wildman–Crippen MR) is 162 cm³/mol. The van der Waals surface area contributed by atoms with Crippen LogP contribution in [0.4, 0.5) is 0 Å². The van der Waals surface area contributed by atoms with E-state index >= 15 is 0 Å². The maximum atomic E-state index is 10.5. The number of aliphatic carboxylic acids is 3. The molecule has 0 bridgehead atoms. The summed E-state index contributed by atoms with van der Waals surface area (Å²) in [6, 6.07) is 14.5. The number of halogens is 5. The van der Waals surface area contributed by atoms with Gasteiger partial charge in [0.15, 0.2) is 12.7 Å². The van der Waals surface area contributed by atoms with Crippen molar-refractivity contribution in [3.05, 3.63) is 85.3 Å². The topological polar surface area (TPSA) is 140 Å². The maximum Gasteiger partial charge on any atom is 0.344 e. The average molecular weight is 685 g/mol. The predicted octanol–water partition coefficient (Wildman–Crippen LogP) is 8.19. The van der Waals surface area contributed by atoms with Crippen molar-refractivity contribution in [3.8, 4) is 17.2 Å². The first-order chi connectivity index (χ1) is 19.7. The van der Waals surface area contributed by atoms with Crippen molar-refractivity contribution in [2.75, 3.05) is 13.2 Å². The van der Waals surface area contributed by atoms with Gasteiger partial charge in [-0.1, -0.05) is 58.0 Å². The van der Waals surface area contributed by atoms with Gasteiger partial charge in [-0.05, 0) is 80.4 Å². The van der Waals surface area contributed by atoms with Crippen LogP contribution in [0.3, 0.4) is 0 Å². The zero-order chi connectivity index (χ0) is 31.8. The minimum atomic E-state index is -1.05. The SMILES string of the molecule is CC(Oc1ccc(Cl)cc1Cl)C(=O)O.Cc1cc(Cl)ccc1OCCCC(=O)O.O=C(O)COc1ccc(Cl)cc1Cl. The summed E-state index contributed by atoms with van der Waals surface area (Å²) in [5.74, 6) is -1.52. The molecule has 3 rings (SSSR count). The van der Waals surface area contributed by atoms with Crippen molar-refractivity contribution in [2.45, 2.75) is 32.8 Å². The summed E-state index contributed by atoms with van der Waals surface area (Å²) in [5.41, 5.74) is 0.956. The Bertz CT molecular complexity index is 1350. The molecule has 0 saturated heterocycles. The highest BCUT2D eigenvalue weighted by Gasteiger charge is 2.14. The molecule has 3 aromatic rings. The van der Waals surface area contributed by atoms with Crippen LogP contribution in [0, 0.1) is 6.92 Å². The zero-order valence-corrected chi connectivity index (χ0v) is 26.1. The summed E-state index contributed by atoms with van der Waals surface area (Å²) in [7, 11) is 0. The molecule has 3 aromatic carbocycles. The lowest BCUT2D eigenvalue weighted by Crippen LogP contribution is -2.22. The number of rotatable bonds is 11. The van der Waals surface area contributed by atoms with Gasteiger partial charge in [-0.15, -0.1) is 0 Å². The van der Waals surface area contributed by atoms with Crippen LogP contribution in [0.1, 0.15) is 25.3 Å². The van der Waals surface area contributed by atoms with Gasteiger partial charge in [-0.25, -0.2) is 9.59 Å². The van der Waals surface area contributed by atoms with E-state index < -0.39 is 30.6 Å². The molecule has 0 aliphatic carbocycles. The molecule has 0 aliphatic rings. The van der Waals surface area contributed by atoms with Crippen molar-refractivity contribution in [2.24, 2.45) is 0 Å². The van der Waals surface area contributed by atoms with Gasteiger partial charge in [-0.3, -0.25) is 4.79 Å². The summed E-state index contributed by atoms with van der Waals surface area (Å²) in [6.07, 6.45) is -0.294. The molecule has 228 valence electrons. The molecule has 3 N–H and O–H groups in total. The quantitative estimate of drug-likeness (QED) is 0.171. The smallest absolute Gasteiger partial charge is 0.344 e. The van der Waals surface area contributed by atoms with E-state index in [-0.39, 0.29) is 6.42 Å². The molecule has 1 atom stereocenters. The highest BCUT2D eigenvalue weighted by molar-refractivity contribution is 6.36. The molecule has 0 amide bonds. The van der Waals surface area contributed by atoms with Crippen molar-refractivity contribution in [1.29, 1.82) is 0 Å². The molecule has 0 radical (unpaired) electrons. The molecule has 14 heteroatoms. The first-order valence-electron chi connectivity index (χ1n) is 11.9. The largest absolute Gasteiger partial charge is 0.493 e. The van der Waals surface area contributed by atoms with Gasteiger partial charge in [-0.2, -0.15) is 0 Å². The highest BCUT2D eigenvalue weighted by atomic mass is 35.5. The molecule has 1 unspecified atom stereocenters. The standard InChI is InChI=1S/C11H13ClO3.C9H8Cl2O3.C8H6Cl2O3/c1-8-7-9(12)4-5-10(8)15-6-2-3-11(13)14;1-5(9(12)13)14-8-3-2-6(10)4-7(8)11;9-5-1-2-7(6(10)3-5)13-4-8(11)12/h4-5,7H,2-3,6H2,1H3,(H,13,14);2-5H,1H3,(H,12,13);1-3H,4H2,(H,11,12). The van der Waals surface area contributed by atoms with Gasteiger partial charge in [0.1, 0.15) is 17.2 Å². The van der Waals surface area contributed by atoms with Crippen LogP contribution in [0.25, 0.3) is 0 Å². The van der Waals surface area contributed by atoms with E-state index in [1.807, 2.05) is 13.0 Å². The summed E-state index contributed by atoms with van der Waals surface area (Å²) < 4.78 is 15.4. The second kappa shape index (κ2) is 19.2. The van der Waals surface area contributed by atoms with Crippen molar-refractivity contribution in [1.82, 2.24) is 0 Å². The van der Waals surface area contributed by atoms with E-state index in [4.69, 9.17) is 87.5 Å². The number of ether oxygens (including phenoxy) is 3. The van der Waals surface area contributed by atoms with Crippen LogP contribution in [-0.4, -0.2) is 52.5 Å². The molecule has 0 saturated carbocycles. The minimum Gasteiger partial charge on any atom is -0.493 e. The second-order valence-corrected chi connectivity index (χ2v) is 10.3. The highest BCUT2D eigenvalue weighted by Crippen LogP contribution is 2.29. The number of carboxylic acids is 3. The van der Waals surface area contributed by atoms with Crippen molar-refractivity contribution >= 4 is 75.9 Å². The number of aryl methyl sites for hydroxylation is 1. The summed E-state index contributed by atoms with van der Waals surface area (Å²) >= 11 is 28.6. The van der Waals surface area contributed by atoms with Gasteiger partial charge < -0.3 is 29.5 Å². The molecule has 0 spiro atoms. The molecule has 0 fully saturated rings. The lowest BCUT2D eigenvalue weighted by atomic mass is 10.2. The van der Waals surface area contributed by atoms with E-state index in [2.05, 4.69) is 0 Å². The molecule has 0 aromatic heterocycles. The van der Waals surface area contributed by atoms with Crippen LogP contribution >= 0.6 is 58.0 Å². The van der Waals surface area contributed by atoms with E-state index in [1.165, 1.54) is 31.2 Å². The van der Waals surface area contributed by atoms with Crippen LogP contribution in [-0.2, 0) is 14.4 Å². The molecule has 42 heavy (non-hydrogen) atoms. The second-order valence-electron chi connectivity index (χ2n) is 8.19. The Morgan fingerprint density at radius 3 is 1.67 bits per heavy atom. The van der Waals surface area contributed by atoms with Gasteiger partial charge in [0.2, 0.25) is 0 Å². The van der Waals surface area contributed by atoms with Gasteiger partial charge in [0, 0.05) is 21.5 Å². The Kier molecular flexibility index (Phi) is 16.9. The van der Waals surface area contributed by atoms with Crippen molar-refractivity contribution < 1.29 is 43.9 Å². The number of hydrogen-bond donors (Lipinski definition) is 3. The third kappa shape index (κ3) is 15.2. The van der Waals surface area contributed by atoms with E-state index in [1.54, 1.807) is 24.3 Å². The van der Waals surface area contributed by atoms with Crippen LogP contribution in [0.2, 0.25) is 25.1 Å². The molecule has 9 nitrogen and oxygen atoms in total. The maximum absolute atomic E-state index is 10.5. The Morgan fingerprint density at radius 2 is 1.21 bits per heavy atom. The third-order valence-electron chi connectivity index (χ3n) is 4.72. The third-order valence-corrected chi connectivity index (χ3v) is 6.02. The van der Waals surface area contributed by atoms with Crippen LogP contribution in [0.15, 0.2) is 54.6 Å². The Hall–Kier alpha value is -3.08. The monoisotopic (exact) mass is 682 g/mol. The van der Waals surface area contributed by atoms with E-state index in [9.17, 15) is 14.4 Å². The number of hydrogen-bond acceptors (Lipinski definition) is 6. The number of carbonyl (C=O) groups is 3. The molecular formula is C28H27Cl5O9. The summed E-state index contributed by atoms with van der Waals surface area (Å²) in [4.78, 5) is 30.9. The summed E-state index contributed by atoms with van der Waals surface area (Å²) in [6.45, 7) is 3.32. The minimum absolute atomic E-state index is 0.132. The molecular weight excluding hydrogens is 658 g/mol. The number of carboxylic acid groups (broad SMARTS) is 3. The van der Waals surface area contributed by atoms with Crippen LogP contribution in [0.5, 0.6) is 17.2 Å². The van der Waals surface area contributed by atoms with E-state index in [0.717, 1.165) is 11.3 Å². The van der Waals surface area contributed by atoms with Gasteiger partial charge in [0.25, 0.3) is 0 Å². The Labute approximate surface area is 267 Å². The zero-order valence-electron chi connectivity index (χ0n) is 22.3. The number of benzene rings is 3. The average Bonchev–Trinajstić information content (AvgIpc) is 2.89. The summed E-state index contributed by atoms with van der Waals surface area (Å²) in [5, 5.41) is 27.6. The lowest BCUT2D eigenvalue weighted by Gasteiger charge is -2.11. The fraction of sp³-hybridized carbons (Fsp3) is 0.250. The van der Waals surface area contributed by atoms with Gasteiger partial charge in [0.05, 0.1) is 16.7 Å². The lowest BCUT2D eigenvalue weighted by molar-refractivity contribution is -0.144. The molecule has 0 heterocycles. The first kappa shape index (κ1) is 36.9. The van der Waals surface area contributed by atoms with E-state index in [0.29, 0.717) is 49.6 Å². The normalized spacial score (nSPS) is 10.6. The fourth-order valence-corrected chi connectivity index (χ4v) is 3.87. The van der Waals surface area contributed by atoms with Crippen LogP contribution < -0.4 is 14.2 Å². The Morgan fingerprint density at radius 1 is 0.714 bits per heavy atom. The Balaban J connectivity index is 0.000000316.